The molecule has 1 atom stereocenters. The molecule has 2 N–H and O–H groups in total. The number of nitrogens with zero attached hydrogens (tertiary/aromatic N) is 2. The van der Waals surface area contributed by atoms with Crippen LogP contribution in [0.1, 0.15) is 65.9 Å². The molecular formula is C24H29N3O3. The van der Waals surface area contributed by atoms with Crippen molar-refractivity contribution in [2.45, 2.75) is 50.9 Å². The van der Waals surface area contributed by atoms with Crippen LogP contribution in [0.3, 0.4) is 0 Å². The summed E-state index contributed by atoms with van der Waals surface area (Å²) in [6, 6.07) is 7.89. The van der Waals surface area contributed by atoms with E-state index >= 15 is 0 Å². The van der Waals surface area contributed by atoms with E-state index in [0.29, 0.717) is 18.2 Å². The van der Waals surface area contributed by atoms with Gasteiger partial charge in [-0.15, -0.1) is 0 Å². The Morgan fingerprint density at radius 1 is 1.17 bits per heavy atom. The fourth-order valence-electron chi connectivity index (χ4n) is 4.85. The number of aromatic carboxylic acids is 1. The van der Waals surface area contributed by atoms with Crippen LogP contribution in [0.25, 0.3) is 0 Å². The summed E-state index contributed by atoms with van der Waals surface area (Å²) in [5, 5.41) is 12.7. The van der Waals surface area contributed by atoms with Gasteiger partial charge in [0.2, 0.25) is 5.91 Å². The van der Waals surface area contributed by atoms with Crippen LogP contribution in [0.2, 0.25) is 0 Å². The average Bonchev–Trinajstić information content (AvgIpc) is 3.31. The largest absolute Gasteiger partial charge is 0.478 e. The van der Waals surface area contributed by atoms with Crippen LogP contribution in [0.5, 0.6) is 0 Å². The summed E-state index contributed by atoms with van der Waals surface area (Å²) < 4.78 is 0. The molecule has 6 nitrogen and oxygen atoms in total. The number of aryl methyl sites for hydroxylation is 1. The van der Waals surface area contributed by atoms with Gasteiger partial charge in [0.05, 0.1) is 17.4 Å². The molecule has 0 radical (unpaired) electrons. The van der Waals surface area contributed by atoms with E-state index in [-0.39, 0.29) is 17.4 Å². The molecule has 0 saturated heterocycles. The lowest BCUT2D eigenvalue weighted by Gasteiger charge is -2.28. The SMILES string of the molecule is CN(C(=O)C1CCCC1)c1ccc2c(c1)CCC[C@H]2CNc1cnccc1C(=O)O. The number of amides is 1. The highest BCUT2D eigenvalue weighted by Crippen LogP contribution is 2.35. The second-order valence-electron chi connectivity index (χ2n) is 8.46. The Kier molecular flexibility index (Phi) is 6.02. The van der Waals surface area contributed by atoms with Crippen LogP contribution >= 0.6 is 0 Å². The van der Waals surface area contributed by atoms with Gasteiger partial charge in [-0.1, -0.05) is 18.9 Å². The van der Waals surface area contributed by atoms with E-state index in [1.54, 1.807) is 6.20 Å². The fourth-order valence-corrected chi connectivity index (χ4v) is 4.85. The number of anilines is 2. The van der Waals surface area contributed by atoms with Gasteiger partial charge in [0.15, 0.2) is 0 Å². The van der Waals surface area contributed by atoms with Gasteiger partial charge in [-0.3, -0.25) is 9.78 Å². The predicted molar refractivity (Wildman–Crippen MR) is 117 cm³/mol. The number of pyridine rings is 1. The van der Waals surface area contributed by atoms with Gasteiger partial charge < -0.3 is 15.3 Å². The van der Waals surface area contributed by atoms with Gasteiger partial charge in [0.1, 0.15) is 0 Å². The number of aromatic nitrogens is 1. The van der Waals surface area contributed by atoms with Crippen molar-refractivity contribution >= 4 is 23.3 Å². The van der Waals surface area contributed by atoms with Crippen molar-refractivity contribution < 1.29 is 14.7 Å². The summed E-state index contributed by atoms with van der Waals surface area (Å²) in [5.74, 6) is -0.241. The minimum absolute atomic E-state index is 0.172. The minimum atomic E-state index is -0.955. The van der Waals surface area contributed by atoms with E-state index in [9.17, 15) is 14.7 Å². The van der Waals surface area contributed by atoms with E-state index in [1.807, 2.05) is 11.9 Å². The molecule has 1 fully saturated rings. The number of rotatable bonds is 6. The maximum Gasteiger partial charge on any atom is 0.337 e. The number of fused-ring (bicyclic) bond motifs is 1. The highest BCUT2D eigenvalue weighted by atomic mass is 16.4. The average molecular weight is 408 g/mol. The van der Waals surface area contributed by atoms with Crippen LogP contribution in [0.15, 0.2) is 36.7 Å². The van der Waals surface area contributed by atoms with Crippen molar-refractivity contribution in [2.75, 3.05) is 23.8 Å². The summed E-state index contributed by atoms with van der Waals surface area (Å²) in [4.78, 5) is 30.1. The third kappa shape index (κ3) is 4.18. The number of benzene rings is 1. The Labute approximate surface area is 177 Å². The van der Waals surface area contributed by atoms with Crippen LogP contribution < -0.4 is 10.2 Å². The molecule has 1 amide bonds. The van der Waals surface area contributed by atoms with Crippen molar-refractivity contribution in [1.29, 1.82) is 0 Å². The Morgan fingerprint density at radius 3 is 2.73 bits per heavy atom. The summed E-state index contributed by atoms with van der Waals surface area (Å²) in [6.07, 6.45) is 10.5. The molecule has 0 bridgehead atoms. The van der Waals surface area contributed by atoms with Gasteiger partial charge in [-0.2, -0.15) is 0 Å². The fraction of sp³-hybridized carbons (Fsp3) is 0.458. The second kappa shape index (κ2) is 8.86. The van der Waals surface area contributed by atoms with Crippen molar-refractivity contribution in [1.82, 2.24) is 4.98 Å². The summed E-state index contributed by atoms with van der Waals surface area (Å²) in [6.45, 7) is 0.662. The maximum absolute atomic E-state index is 12.8. The highest BCUT2D eigenvalue weighted by Gasteiger charge is 2.27. The maximum atomic E-state index is 12.8. The Balaban J connectivity index is 1.48. The number of carboxylic acid groups (broad SMARTS) is 1. The molecule has 2 aromatic rings. The molecular weight excluding hydrogens is 378 g/mol. The first-order valence-corrected chi connectivity index (χ1v) is 10.9. The van der Waals surface area contributed by atoms with E-state index in [2.05, 4.69) is 28.5 Å². The first-order valence-electron chi connectivity index (χ1n) is 10.9. The zero-order valence-electron chi connectivity index (χ0n) is 17.4. The monoisotopic (exact) mass is 407 g/mol. The van der Waals surface area contributed by atoms with Gasteiger partial charge >= 0.3 is 5.97 Å². The zero-order chi connectivity index (χ0) is 21.1. The lowest BCUT2D eigenvalue weighted by molar-refractivity contribution is -0.121. The summed E-state index contributed by atoms with van der Waals surface area (Å²) >= 11 is 0. The minimum Gasteiger partial charge on any atom is -0.478 e. The van der Waals surface area contributed by atoms with Gasteiger partial charge in [-0.25, -0.2) is 4.79 Å². The van der Waals surface area contributed by atoms with Crippen molar-refractivity contribution in [3.8, 4) is 0 Å². The molecule has 1 aromatic heterocycles. The Morgan fingerprint density at radius 2 is 1.97 bits per heavy atom. The molecule has 1 heterocycles. The first-order chi connectivity index (χ1) is 14.5. The van der Waals surface area contributed by atoms with Crippen molar-refractivity contribution in [3.05, 3.63) is 53.3 Å². The van der Waals surface area contributed by atoms with E-state index in [0.717, 1.165) is 50.6 Å². The topological polar surface area (TPSA) is 82.5 Å². The smallest absolute Gasteiger partial charge is 0.337 e. The molecule has 6 heteroatoms. The molecule has 0 aliphatic heterocycles. The van der Waals surface area contributed by atoms with E-state index in [4.69, 9.17) is 0 Å². The summed E-state index contributed by atoms with van der Waals surface area (Å²) in [5.41, 5.74) is 4.35. The standard InChI is InChI=1S/C24H29N3O3/c1-27(23(28)16-5-2-3-6-16)19-9-10-20-17(13-19)7-4-8-18(20)14-26-22-15-25-12-11-21(22)24(29)30/h9-13,15-16,18,26H,2-8,14H2,1H3,(H,29,30)/t18-/m0/s1. The number of carbonyl (C=O) groups excluding carboxylic acids is 1. The normalized spacial score (nSPS) is 18.6. The lowest BCUT2D eigenvalue weighted by atomic mass is 9.82. The van der Waals surface area contributed by atoms with Gasteiger partial charge in [-0.05, 0) is 61.4 Å². The molecule has 0 spiro atoms. The number of hydrogen-bond acceptors (Lipinski definition) is 4. The number of carboxylic acids is 1. The van der Waals surface area contributed by atoms with Crippen LogP contribution in [-0.2, 0) is 11.2 Å². The van der Waals surface area contributed by atoms with Crippen LogP contribution in [0, 0.1) is 5.92 Å². The van der Waals surface area contributed by atoms with Crippen molar-refractivity contribution in [2.24, 2.45) is 5.92 Å². The molecule has 1 aromatic carbocycles. The van der Waals surface area contributed by atoms with Crippen LogP contribution in [0.4, 0.5) is 11.4 Å². The third-order valence-corrected chi connectivity index (χ3v) is 6.58. The molecule has 30 heavy (non-hydrogen) atoms. The number of carbonyl (C=O) groups is 2. The van der Waals surface area contributed by atoms with Crippen molar-refractivity contribution in [3.63, 3.8) is 0 Å². The molecule has 2 aliphatic rings. The summed E-state index contributed by atoms with van der Waals surface area (Å²) in [7, 11) is 1.89. The number of hydrogen-bond donors (Lipinski definition) is 2. The molecule has 2 aliphatic carbocycles. The molecule has 1 saturated carbocycles. The van der Waals surface area contributed by atoms with Gasteiger partial charge in [0.25, 0.3) is 0 Å². The Hall–Kier alpha value is -2.89. The zero-order valence-corrected chi connectivity index (χ0v) is 17.4. The van der Waals surface area contributed by atoms with Crippen LogP contribution in [-0.4, -0.2) is 35.6 Å². The van der Waals surface area contributed by atoms with E-state index in [1.165, 1.54) is 23.4 Å². The molecule has 4 rings (SSSR count). The molecule has 0 unspecified atom stereocenters. The Bertz CT molecular complexity index is 937. The molecule has 158 valence electrons. The third-order valence-electron chi connectivity index (χ3n) is 6.58. The first kappa shape index (κ1) is 20.4. The highest BCUT2D eigenvalue weighted by molar-refractivity contribution is 5.95. The van der Waals surface area contributed by atoms with Gasteiger partial charge in [0, 0.05) is 37.3 Å². The lowest BCUT2D eigenvalue weighted by Crippen LogP contribution is -2.32. The second-order valence-corrected chi connectivity index (χ2v) is 8.46. The number of nitrogens with one attached hydrogen (secondary N) is 1. The predicted octanol–water partition coefficient (Wildman–Crippen LogP) is 4.46. The van der Waals surface area contributed by atoms with E-state index < -0.39 is 5.97 Å². The quantitative estimate of drug-likeness (QED) is 0.738.